The van der Waals surface area contributed by atoms with Crippen LogP contribution in [0.15, 0.2) is 11.6 Å². The van der Waals surface area contributed by atoms with Crippen molar-refractivity contribution in [1.29, 1.82) is 0 Å². The van der Waals surface area contributed by atoms with Gasteiger partial charge in [-0.25, -0.2) is 4.37 Å². The molecule has 1 fully saturated rings. The monoisotopic (exact) mass is 225 g/mol. The molecule has 0 aromatic carbocycles. The van der Waals surface area contributed by atoms with E-state index in [1.807, 2.05) is 30.3 Å². The summed E-state index contributed by atoms with van der Waals surface area (Å²) >= 11 is 1.40. The third-order valence-corrected chi connectivity index (χ3v) is 3.36. The molecule has 0 spiro atoms. The molecule has 1 aromatic heterocycles. The maximum absolute atomic E-state index is 11.8. The fraction of sp³-hybridized carbons (Fsp3) is 0.600. The molecule has 1 aromatic rings. The average molecular weight is 225 g/mol. The number of carbonyl (C=O) groups excluding carboxylic acids is 1. The first-order chi connectivity index (χ1) is 7.11. The van der Waals surface area contributed by atoms with E-state index in [0.29, 0.717) is 6.42 Å². The molecule has 1 amide bonds. The molecule has 1 saturated heterocycles. The summed E-state index contributed by atoms with van der Waals surface area (Å²) < 4.78 is 4.07. The molecule has 0 saturated carbocycles. The van der Waals surface area contributed by atoms with Crippen molar-refractivity contribution in [1.82, 2.24) is 9.27 Å². The van der Waals surface area contributed by atoms with Gasteiger partial charge in [-0.05, 0) is 25.4 Å². The Morgan fingerprint density at radius 3 is 2.93 bits per heavy atom. The van der Waals surface area contributed by atoms with Crippen molar-refractivity contribution in [3.05, 3.63) is 17.1 Å². The summed E-state index contributed by atoms with van der Waals surface area (Å²) in [7, 11) is 0. The highest BCUT2D eigenvalue weighted by molar-refractivity contribution is 7.03. The summed E-state index contributed by atoms with van der Waals surface area (Å²) in [5.74, 6) is 0.147. The van der Waals surface area contributed by atoms with Gasteiger partial charge in [0.25, 0.3) is 0 Å². The van der Waals surface area contributed by atoms with Crippen LogP contribution >= 0.6 is 11.5 Å². The van der Waals surface area contributed by atoms with Crippen LogP contribution in [-0.2, 0) is 4.79 Å². The van der Waals surface area contributed by atoms with Crippen LogP contribution in [-0.4, -0.2) is 27.3 Å². The second-order valence-electron chi connectivity index (χ2n) is 4.17. The molecule has 82 valence electrons. The zero-order valence-corrected chi connectivity index (χ0v) is 9.70. The molecule has 1 aliphatic heterocycles. The van der Waals surface area contributed by atoms with E-state index < -0.39 is 0 Å². The molecule has 2 heterocycles. The summed E-state index contributed by atoms with van der Waals surface area (Å²) in [5, 5.41) is 1.97. The number of likely N-dealkylation sites (tertiary alicyclic amines) is 1. The molecule has 2 rings (SSSR count). The summed E-state index contributed by atoms with van der Waals surface area (Å²) in [6, 6.07) is 0.100. The van der Waals surface area contributed by atoms with E-state index >= 15 is 0 Å². The molecular formula is C10H15N3OS. The lowest BCUT2D eigenvalue weighted by Gasteiger charge is -2.29. The zero-order chi connectivity index (χ0) is 11.0. The largest absolute Gasteiger partial charge is 0.332 e. The minimum Gasteiger partial charge on any atom is -0.332 e. The second kappa shape index (κ2) is 3.90. The fourth-order valence-electron chi connectivity index (χ4n) is 2.16. The summed E-state index contributed by atoms with van der Waals surface area (Å²) in [5.41, 5.74) is 7.07. The van der Waals surface area contributed by atoms with Crippen LogP contribution < -0.4 is 5.73 Å². The number of nitrogens with two attached hydrogens (primary N) is 1. The van der Waals surface area contributed by atoms with E-state index in [0.717, 1.165) is 5.56 Å². The van der Waals surface area contributed by atoms with Crippen molar-refractivity contribution in [2.24, 2.45) is 5.73 Å². The Morgan fingerprint density at radius 2 is 2.40 bits per heavy atom. The van der Waals surface area contributed by atoms with Gasteiger partial charge >= 0.3 is 0 Å². The number of amides is 1. The minimum atomic E-state index is -0.101. The zero-order valence-electron chi connectivity index (χ0n) is 8.88. The van der Waals surface area contributed by atoms with Gasteiger partial charge in [-0.3, -0.25) is 4.79 Å². The Bertz CT molecular complexity index is 350. The first-order valence-corrected chi connectivity index (χ1v) is 5.91. The van der Waals surface area contributed by atoms with Crippen molar-refractivity contribution >= 4 is 17.4 Å². The third kappa shape index (κ3) is 1.77. The topological polar surface area (TPSA) is 59.2 Å². The Balaban J connectivity index is 2.32. The second-order valence-corrected chi connectivity index (χ2v) is 4.82. The standard InChI is InChI=1S/C10H15N3OS/c1-6(2)13-9(14)3-8(11)10(13)7-4-12-15-5-7/h4-6,8,10H,3,11H2,1-2H3/t8-,10+/m0/s1. The normalized spacial score (nSPS) is 26.7. The van der Waals surface area contributed by atoms with E-state index in [9.17, 15) is 4.79 Å². The van der Waals surface area contributed by atoms with Gasteiger partial charge in [0.1, 0.15) is 0 Å². The number of rotatable bonds is 2. The Morgan fingerprint density at radius 1 is 1.67 bits per heavy atom. The van der Waals surface area contributed by atoms with Crippen molar-refractivity contribution < 1.29 is 4.79 Å². The first kappa shape index (κ1) is 10.6. The highest BCUT2D eigenvalue weighted by Crippen LogP contribution is 2.33. The number of nitrogens with zero attached hydrogens (tertiary/aromatic N) is 2. The van der Waals surface area contributed by atoms with Crippen LogP contribution in [0.1, 0.15) is 31.9 Å². The van der Waals surface area contributed by atoms with Crippen molar-refractivity contribution in [2.75, 3.05) is 0 Å². The predicted molar refractivity (Wildman–Crippen MR) is 59.4 cm³/mol. The van der Waals surface area contributed by atoms with Gasteiger partial charge in [-0.15, -0.1) is 0 Å². The number of hydrogen-bond acceptors (Lipinski definition) is 4. The van der Waals surface area contributed by atoms with Crippen molar-refractivity contribution in [3.63, 3.8) is 0 Å². The SMILES string of the molecule is CC(C)N1C(=O)C[C@H](N)[C@H]1c1cnsc1. The van der Waals surface area contributed by atoms with Gasteiger partial charge in [0.05, 0.1) is 6.04 Å². The van der Waals surface area contributed by atoms with Gasteiger partial charge < -0.3 is 10.6 Å². The molecule has 5 heteroatoms. The molecule has 4 nitrogen and oxygen atoms in total. The Kier molecular flexibility index (Phi) is 2.75. The van der Waals surface area contributed by atoms with E-state index in [-0.39, 0.29) is 24.0 Å². The van der Waals surface area contributed by atoms with Gasteiger partial charge in [0, 0.05) is 35.6 Å². The summed E-state index contributed by atoms with van der Waals surface area (Å²) in [6.07, 6.45) is 2.25. The maximum Gasteiger partial charge on any atom is 0.225 e. The number of hydrogen-bond donors (Lipinski definition) is 1. The minimum absolute atomic E-state index is 0.0104. The first-order valence-electron chi connectivity index (χ1n) is 5.07. The Hall–Kier alpha value is -0.940. The van der Waals surface area contributed by atoms with Crippen LogP contribution in [0.2, 0.25) is 0 Å². The van der Waals surface area contributed by atoms with Gasteiger partial charge in [0.2, 0.25) is 5.91 Å². The predicted octanol–water partition coefficient (Wildman–Crippen LogP) is 1.15. The van der Waals surface area contributed by atoms with E-state index in [1.54, 1.807) is 0 Å². The van der Waals surface area contributed by atoms with E-state index in [4.69, 9.17) is 5.73 Å². The van der Waals surface area contributed by atoms with E-state index in [2.05, 4.69) is 4.37 Å². The van der Waals surface area contributed by atoms with Crippen LogP contribution in [0.4, 0.5) is 0 Å². The third-order valence-electron chi connectivity index (χ3n) is 2.75. The Labute approximate surface area is 93.2 Å². The highest BCUT2D eigenvalue weighted by atomic mass is 32.1. The summed E-state index contributed by atoms with van der Waals surface area (Å²) in [6.45, 7) is 4.03. The average Bonchev–Trinajstić information content (AvgIpc) is 2.71. The molecular weight excluding hydrogens is 210 g/mol. The van der Waals surface area contributed by atoms with Crippen molar-refractivity contribution in [3.8, 4) is 0 Å². The lowest BCUT2D eigenvalue weighted by atomic mass is 10.0. The van der Waals surface area contributed by atoms with Gasteiger partial charge in [0.15, 0.2) is 0 Å². The molecule has 0 radical (unpaired) electrons. The lowest BCUT2D eigenvalue weighted by molar-refractivity contribution is -0.130. The molecule has 0 aliphatic carbocycles. The fourth-order valence-corrected chi connectivity index (χ4v) is 2.72. The molecule has 2 N–H and O–H groups in total. The molecule has 2 atom stereocenters. The molecule has 1 aliphatic rings. The molecule has 15 heavy (non-hydrogen) atoms. The maximum atomic E-state index is 11.8. The van der Waals surface area contributed by atoms with Crippen LogP contribution in [0, 0.1) is 0 Å². The number of aromatic nitrogens is 1. The van der Waals surface area contributed by atoms with Gasteiger partial charge in [-0.1, -0.05) is 0 Å². The van der Waals surface area contributed by atoms with Crippen LogP contribution in [0.25, 0.3) is 0 Å². The van der Waals surface area contributed by atoms with E-state index in [1.165, 1.54) is 11.5 Å². The van der Waals surface area contributed by atoms with Gasteiger partial charge in [-0.2, -0.15) is 0 Å². The highest BCUT2D eigenvalue weighted by Gasteiger charge is 2.40. The van der Waals surface area contributed by atoms with Crippen LogP contribution in [0.3, 0.4) is 0 Å². The molecule has 0 bridgehead atoms. The summed E-state index contributed by atoms with van der Waals surface area (Å²) in [4.78, 5) is 13.6. The molecule has 0 unspecified atom stereocenters. The smallest absolute Gasteiger partial charge is 0.225 e. The lowest BCUT2D eigenvalue weighted by Crippen LogP contribution is -2.37. The quantitative estimate of drug-likeness (QED) is 0.821. The number of carbonyl (C=O) groups is 1. The van der Waals surface area contributed by atoms with Crippen molar-refractivity contribution in [2.45, 2.75) is 38.4 Å². The van der Waals surface area contributed by atoms with Crippen LogP contribution in [0.5, 0.6) is 0 Å².